The van der Waals surface area contributed by atoms with Crippen LogP contribution in [0.4, 0.5) is 5.69 Å². The molecule has 4 rings (SSSR count). The summed E-state index contributed by atoms with van der Waals surface area (Å²) in [6, 6.07) is 15.3. The van der Waals surface area contributed by atoms with Crippen molar-refractivity contribution in [2.45, 2.75) is 6.17 Å². The fourth-order valence-electron chi connectivity index (χ4n) is 2.54. The second kappa shape index (κ2) is 5.00. The molecule has 0 radical (unpaired) electrons. The molecule has 0 unspecified atom stereocenters. The number of benzene rings is 2. The molecule has 0 fully saturated rings. The summed E-state index contributed by atoms with van der Waals surface area (Å²) in [5.41, 5.74) is 3.41. The number of para-hydroxylation sites is 1. The summed E-state index contributed by atoms with van der Waals surface area (Å²) in [6.07, 6.45) is 2.90. The standard InChI is InChI=1S/C16H13N5O/c22-16-13-3-1-2-4-14(13)19-15(20-16)11-5-7-12(8-6-11)21-10-17-9-18-21/h1-10,15,19H,(H,20,22)/t15-/m1/s1. The van der Waals surface area contributed by atoms with Gasteiger partial charge in [0.25, 0.3) is 5.91 Å². The van der Waals surface area contributed by atoms with E-state index in [0.29, 0.717) is 5.56 Å². The van der Waals surface area contributed by atoms with Crippen molar-refractivity contribution in [3.63, 3.8) is 0 Å². The van der Waals surface area contributed by atoms with Crippen LogP contribution in [-0.4, -0.2) is 20.7 Å². The van der Waals surface area contributed by atoms with Crippen LogP contribution in [0.5, 0.6) is 0 Å². The number of carbonyl (C=O) groups is 1. The maximum absolute atomic E-state index is 12.1. The molecule has 3 aromatic rings. The van der Waals surface area contributed by atoms with Gasteiger partial charge in [0.2, 0.25) is 0 Å². The summed E-state index contributed by atoms with van der Waals surface area (Å²) in [4.78, 5) is 16.1. The normalized spacial score (nSPS) is 16.5. The van der Waals surface area contributed by atoms with Crippen LogP contribution in [0.15, 0.2) is 61.2 Å². The van der Waals surface area contributed by atoms with Gasteiger partial charge in [-0.3, -0.25) is 4.79 Å². The average molecular weight is 291 g/mol. The first-order valence-corrected chi connectivity index (χ1v) is 6.93. The van der Waals surface area contributed by atoms with Crippen molar-refractivity contribution in [2.24, 2.45) is 0 Å². The first kappa shape index (κ1) is 12.6. The van der Waals surface area contributed by atoms with Crippen molar-refractivity contribution in [1.29, 1.82) is 0 Å². The third-order valence-corrected chi connectivity index (χ3v) is 3.66. The van der Waals surface area contributed by atoms with E-state index in [2.05, 4.69) is 20.7 Å². The average Bonchev–Trinajstić information content (AvgIpc) is 3.09. The van der Waals surface area contributed by atoms with Crippen molar-refractivity contribution in [1.82, 2.24) is 20.1 Å². The molecule has 6 heteroatoms. The molecule has 0 saturated heterocycles. The topological polar surface area (TPSA) is 71.8 Å². The Labute approximate surface area is 126 Å². The summed E-state index contributed by atoms with van der Waals surface area (Å²) < 4.78 is 1.69. The Balaban J connectivity index is 1.62. The van der Waals surface area contributed by atoms with E-state index in [1.54, 1.807) is 11.0 Å². The van der Waals surface area contributed by atoms with Crippen LogP contribution < -0.4 is 10.6 Å². The quantitative estimate of drug-likeness (QED) is 0.758. The number of nitrogens with zero attached hydrogens (tertiary/aromatic N) is 3. The number of hydrogen-bond acceptors (Lipinski definition) is 4. The zero-order chi connectivity index (χ0) is 14.9. The fourth-order valence-corrected chi connectivity index (χ4v) is 2.54. The predicted molar refractivity (Wildman–Crippen MR) is 81.6 cm³/mol. The van der Waals surface area contributed by atoms with Gasteiger partial charge in [0.1, 0.15) is 18.8 Å². The van der Waals surface area contributed by atoms with Crippen LogP contribution in [-0.2, 0) is 0 Å². The molecule has 2 heterocycles. The van der Waals surface area contributed by atoms with Gasteiger partial charge in [0.15, 0.2) is 0 Å². The second-order valence-corrected chi connectivity index (χ2v) is 5.03. The Hall–Kier alpha value is -3.15. The molecule has 1 aliphatic rings. The summed E-state index contributed by atoms with van der Waals surface area (Å²) in [6.45, 7) is 0. The fraction of sp³-hybridized carbons (Fsp3) is 0.0625. The van der Waals surface area contributed by atoms with Gasteiger partial charge in [0, 0.05) is 5.69 Å². The molecule has 1 atom stereocenters. The van der Waals surface area contributed by atoms with Gasteiger partial charge in [-0.2, -0.15) is 5.10 Å². The van der Waals surface area contributed by atoms with Crippen LogP contribution in [0.1, 0.15) is 22.1 Å². The van der Waals surface area contributed by atoms with Crippen LogP contribution >= 0.6 is 0 Å². The highest BCUT2D eigenvalue weighted by atomic mass is 16.2. The van der Waals surface area contributed by atoms with Crippen LogP contribution in [0.2, 0.25) is 0 Å². The molecular formula is C16H13N5O. The van der Waals surface area contributed by atoms with Crippen molar-refractivity contribution in [2.75, 3.05) is 5.32 Å². The molecule has 1 amide bonds. The van der Waals surface area contributed by atoms with Crippen molar-refractivity contribution >= 4 is 11.6 Å². The first-order chi connectivity index (χ1) is 10.8. The molecule has 1 aliphatic heterocycles. The molecule has 2 N–H and O–H groups in total. The summed E-state index contributed by atoms with van der Waals surface area (Å²) in [5, 5.41) is 10.4. The van der Waals surface area contributed by atoms with Gasteiger partial charge < -0.3 is 10.6 Å². The number of hydrogen-bond donors (Lipinski definition) is 2. The van der Waals surface area contributed by atoms with Crippen molar-refractivity contribution in [3.8, 4) is 5.69 Å². The molecule has 108 valence electrons. The molecule has 22 heavy (non-hydrogen) atoms. The van der Waals surface area contributed by atoms with E-state index in [9.17, 15) is 4.79 Å². The Bertz CT molecular complexity index is 811. The van der Waals surface area contributed by atoms with E-state index in [1.165, 1.54) is 6.33 Å². The molecule has 6 nitrogen and oxygen atoms in total. The molecule has 0 spiro atoms. The van der Waals surface area contributed by atoms with E-state index in [0.717, 1.165) is 16.9 Å². The molecular weight excluding hydrogens is 278 g/mol. The van der Waals surface area contributed by atoms with Crippen LogP contribution in [0.25, 0.3) is 5.69 Å². The van der Waals surface area contributed by atoms with E-state index in [-0.39, 0.29) is 12.1 Å². The van der Waals surface area contributed by atoms with Gasteiger partial charge in [-0.05, 0) is 29.8 Å². The molecule has 2 aromatic carbocycles. The molecule has 0 saturated carbocycles. The highest BCUT2D eigenvalue weighted by molar-refractivity contribution is 6.01. The maximum Gasteiger partial charge on any atom is 0.255 e. The van der Waals surface area contributed by atoms with Gasteiger partial charge >= 0.3 is 0 Å². The minimum atomic E-state index is -0.243. The first-order valence-electron chi connectivity index (χ1n) is 6.93. The number of amides is 1. The highest BCUT2D eigenvalue weighted by Crippen LogP contribution is 2.26. The van der Waals surface area contributed by atoms with Crippen molar-refractivity contribution in [3.05, 3.63) is 72.3 Å². The number of nitrogens with one attached hydrogen (secondary N) is 2. The summed E-state index contributed by atoms with van der Waals surface area (Å²) in [7, 11) is 0. The Kier molecular flexibility index (Phi) is 2.86. The lowest BCUT2D eigenvalue weighted by atomic mass is 10.1. The lowest BCUT2D eigenvalue weighted by Crippen LogP contribution is -2.38. The number of fused-ring (bicyclic) bond motifs is 1. The Morgan fingerprint density at radius 2 is 1.82 bits per heavy atom. The van der Waals surface area contributed by atoms with E-state index >= 15 is 0 Å². The van der Waals surface area contributed by atoms with E-state index in [4.69, 9.17) is 0 Å². The summed E-state index contributed by atoms with van der Waals surface area (Å²) in [5.74, 6) is -0.0697. The molecule has 0 aliphatic carbocycles. The SMILES string of the molecule is O=C1N[C@H](c2ccc(-n3cncn3)cc2)Nc2ccccc21. The zero-order valence-corrected chi connectivity index (χ0v) is 11.6. The van der Waals surface area contributed by atoms with Crippen LogP contribution in [0, 0.1) is 0 Å². The molecule has 1 aromatic heterocycles. The maximum atomic E-state index is 12.1. The van der Waals surface area contributed by atoms with E-state index < -0.39 is 0 Å². The lowest BCUT2D eigenvalue weighted by Gasteiger charge is -2.28. The second-order valence-electron chi connectivity index (χ2n) is 5.03. The molecule has 0 bridgehead atoms. The third-order valence-electron chi connectivity index (χ3n) is 3.66. The Morgan fingerprint density at radius 1 is 1.00 bits per heavy atom. The Morgan fingerprint density at radius 3 is 2.59 bits per heavy atom. The largest absolute Gasteiger partial charge is 0.361 e. The van der Waals surface area contributed by atoms with Gasteiger partial charge in [-0.15, -0.1) is 0 Å². The minimum Gasteiger partial charge on any atom is -0.361 e. The third kappa shape index (κ3) is 2.10. The number of rotatable bonds is 2. The van der Waals surface area contributed by atoms with Crippen LogP contribution in [0.3, 0.4) is 0 Å². The monoisotopic (exact) mass is 291 g/mol. The zero-order valence-electron chi connectivity index (χ0n) is 11.6. The number of carbonyl (C=O) groups excluding carboxylic acids is 1. The van der Waals surface area contributed by atoms with E-state index in [1.807, 2.05) is 48.5 Å². The lowest BCUT2D eigenvalue weighted by molar-refractivity contribution is 0.0935. The van der Waals surface area contributed by atoms with Gasteiger partial charge in [-0.1, -0.05) is 24.3 Å². The van der Waals surface area contributed by atoms with Gasteiger partial charge in [0.05, 0.1) is 11.3 Å². The van der Waals surface area contributed by atoms with Crippen molar-refractivity contribution < 1.29 is 4.79 Å². The smallest absolute Gasteiger partial charge is 0.255 e. The number of anilines is 1. The summed E-state index contributed by atoms with van der Waals surface area (Å²) >= 11 is 0. The number of aromatic nitrogens is 3. The highest BCUT2D eigenvalue weighted by Gasteiger charge is 2.23. The predicted octanol–water partition coefficient (Wildman–Crippen LogP) is 2.12. The minimum absolute atomic E-state index is 0.0697. The van der Waals surface area contributed by atoms with Gasteiger partial charge in [-0.25, -0.2) is 9.67 Å².